The fraction of sp³-hybridized carbons (Fsp3) is 0.182. The van der Waals surface area contributed by atoms with Crippen LogP contribution in [0.5, 0.6) is 0 Å². The van der Waals surface area contributed by atoms with Gasteiger partial charge in [0.2, 0.25) is 0 Å². The third kappa shape index (κ3) is 1.99. The van der Waals surface area contributed by atoms with Crippen LogP contribution in [0.4, 0.5) is 0 Å². The molecule has 1 heterocycles. The van der Waals surface area contributed by atoms with E-state index in [0.717, 1.165) is 16.4 Å². The number of hydrogen-bond donors (Lipinski definition) is 0. The van der Waals surface area contributed by atoms with Gasteiger partial charge in [0, 0.05) is 15.5 Å². The molecule has 0 unspecified atom stereocenters. The highest BCUT2D eigenvalue weighted by Crippen LogP contribution is 2.12. The van der Waals surface area contributed by atoms with Crippen molar-refractivity contribution in [3.8, 4) is 0 Å². The van der Waals surface area contributed by atoms with E-state index in [1.807, 2.05) is 12.1 Å². The molecule has 13 heavy (non-hydrogen) atoms. The Labute approximate surface area is 91.3 Å². The van der Waals surface area contributed by atoms with Crippen LogP contribution in [-0.2, 0) is 6.42 Å². The molecule has 0 aliphatic carbocycles. The summed E-state index contributed by atoms with van der Waals surface area (Å²) in [5, 5.41) is 1.22. The minimum atomic E-state index is 1.06. The van der Waals surface area contributed by atoms with Crippen LogP contribution in [0.25, 0.3) is 10.9 Å². The SMILES string of the molecule is ICCc1ccc2ccccc2n1. The molecule has 0 radical (unpaired) electrons. The first-order valence-corrected chi connectivity index (χ1v) is 5.83. The maximum absolute atomic E-state index is 4.56. The molecule has 0 fully saturated rings. The Morgan fingerprint density at radius 1 is 1.08 bits per heavy atom. The van der Waals surface area contributed by atoms with E-state index in [1.54, 1.807) is 0 Å². The van der Waals surface area contributed by atoms with E-state index in [0.29, 0.717) is 0 Å². The Balaban J connectivity index is 2.49. The van der Waals surface area contributed by atoms with E-state index in [1.165, 1.54) is 11.1 Å². The lowest BCUT2D eigenvalue weighted by Gasteiger charge is -1.99. The Bertz CT molecular complexity index is 412. The Kier molecular flexibility index (Phi) is 2.78. The van der Waals surface area contributed by atoms with Crippen molar-refractivity contribution in [2.45, 2.75) is 6.42 Å². The second-order valence-electron chi connectivity index (χ2n) is 2.93. The summed E-state index contributed by atoms with van der Waals surface area (Å²) < 4.78 is 1.13. The first-order valence-electron chi connectivity index (χ1n) is 4.31. The number of fused-ring (bicyclic) bond motifs is 1. The first-order chi connectivity index (χ1) is 6.40. The minimum Gasteiger partial charge on any atom is -0.253 e. The lowest BCUT2D eigenvalue weighted by atomic mass is 10.2. The van der Waals surface area contributed by atoms with Crippen LogP contribution in [0.1, 0.15) is 5.69 Å². The van der Waals surface area contributed by atoms with Gasteiger partial charge in [0.1, 0.15) is 0 Å². The van der Waals surface area contributed by atoms with Crippen molar-refractivity contribution in [3.05, 3.63) is 42.1 Å². The normalized spacial score (nSPS) is 10.5. The summed E-state index contributed by atoms with van der Waals surface area (Å²) in [5.41, 5.74) is 2.29. The average Bonchev–Trinajstić information content (AvgIpc) is 2.18. The van der Waals surface area contributed by atoms with Gasteiger partial charge >= 0.3 is 0 Å². The Hall–Kier alpha value is -0.640. The molecule has 2 heteroatoms. The molecule has 1 aromatic carbocycles. The molecule has 1 aromatic heterocycles. The van der Waals surface area contributed by atoms with Gasteiger partial charge in [-0.1, -0.05) is 46.9 Å². The molecule has 0 saturated heterocycles. The zero-order valence-corrected chi connectivity index (χ0v) is 9.36. The van der Waals surface area contributed by atoms with Crippen LogP contribution in [0.15, 0.2) is 36.4 Å². The lowest BCUT2D eigenvalue weighted by Crippen LogP contribution is -1.90. The number of benzene rings is 1. The molecule has 1 nitrogen and oxygen atoms in total. The molecular formula is C11H10IN. The summed E-state index contributed by atoms with van der Waals surface area (Å²) in [6.07, 6.45) is 1.06. The topological polar surface area (TPSA) is 12.9 Å². The number of aromatic nitrogens is 1. The molecular weight excluding hydrogens is 273 g/mol. The maximum atomic E-state index is 4.56. The monoisotopic (exact) mass is 283 g/mol. The lowest BCUT2D eigenvalue weighted by molar-refractivity contribution is 1.08. The highest BCUT2D eigenvalue weighted by molar-refractivity contribution is 14.1. The second kappa shape index (κ2) is 4.05. The fourth-order valence-electron chi connectivity index (χ4n) is 1.34. The van der Waals surface area contributed by atoms with Crippen molar-refractivity contribution in [1.29, 1.82) is 0 Å². The Morgan fingerprint density at radius 2 is 1.92 bits per heavy atom. The van der Waals surface area contributed by atoms with Gasteiger partial charge in [-0.2, -0.15) is 0 Å². The predicted molar refractivity (Wildman–Crippen MR) is 64.3 cm³/mol. The zero-order chi connectivity index (χ0) is 9.10. The molecule has 2 aromatic rings. The third-order valence-corrected chi connectivity index (χ3v) is 2.55. The molecule has 0 bridgehead atoms. The third-order valence-electron chi connectivity index (χ3n) is 2.01. The van der Waals surface area contributed by atoms with Crippen LogP contribution in [0.3, 0.4) is 0 Å². The van der Waals surface area contributed by atoms with Crippen LogP contribution in [0.2, 0.25) is 0 Å². The van der Waals surface area contributed by atoms with Crippen LogP contribution >= 0.6 is 22.6 Å². The highest BCUT2D eigenvalue weighted by Gasteiger charge is 1.95. The van der Waals surface area contributed by atoms with E-state index in [-0.39, 0.29) is 0 Å². The summed E-state index contributed by atoms with van der Waals surface area (Å²) >= 11 is 2.37. The number of nitrogens with zero attached hydrogens (tertiary/aromatic N) is 1. The number of para-hydroxylation sites is 1. The average molecular weight is 283 g/mol. The maximum Gasteiger partial charge on any atom is 0.0705 e. The molecule has 0 spiro atoms. The number of aryl methyl sites for hydroxylation is 1. The Morgan fingerprint density at radius 3 is 2.77 bits per heavy atom. The second-order valence-corrected chi connectivity index (χ2v) is 4.01. The van der Waals surface area contributed by atoms with Crippen molar-refractivity contribution < 1.29 is 0 Å². The molecule has 0 atom stereocenters. The molecule has 2 rings (SSSR count). The first kappa shape index (κ1) is 8.94. The van der Waals surface area contributed by atoms with E-state index in [2.05, 4.69) is 51.8 Å². The van der Waals surface area contributed by atoms with Gasteiger partial charge in [-0.15, -0.1) is 0 Å². The summed E-state index contributed by atoms with van der Waals surface area (Å²) in [6.45, 7) is 0. The summed E-state index contributed by atoms with van der Waals surface area (Å²) in [7, 11) is 0. The van der Waals surface area contributed by atoms with Gasteiger partial charge in [0.05, 0.1) is 5.52 Å². The molecule has 0 aliphatic rings. The van der Waals surface area contributed by atoms with E-state index >= 15 is 0 Å². The highest BCUT2D eigenvalue weighted by atomic mass is 127. The van der Waals surface area contributed by atoms with Gasteiger partial charge in [-0.25, -0.2) is 0 Å². The number of hydrogen-bond acceptors (Lipinski definition) is 1. The number of pyridine rings is 1. The molecule has 66 valence electrons. The van der Waals surface area contributed by atoms with Gasteiger partial charge in [-0.3, -0.25) is 4.98 Å². The standard InChI is InChI=1S/C11H10IN/c12-8-7-10-6-5-9-3-1-2-4-11(9)13-10/h1-6H,7-8H2. The van der Waals surface area contributed by atoms with Gasteiger partial charge in [0.25, 0.3) is 0 Å². The summed E-state index contributed by atoms with van der Waals surface area (Å²) in [6, 6.07) is 12.5. The fourth-order valence-corrected chi connectivity index (χ4v) is 1.90. The molecule has 0 amide bonds. The van der Waals surface area contributed by atoms with E-state index in [9.17, 15) is 0 Å². The molecule has 0 N–H and O–H groups in total. The van der Waals surface area contributed by atoms with Crippen molar-refractivity contribution in [1.82, 2.24) is 4.98 Å². The molecule has 0 aliphatic heterocycles. The quantitative estimate of drug-likeness (QED) is 0.609. The largest absolute Gasteiger partial charge is 0.253 e. The van der Waals surface area contributed by atoms with Crippen molar-refractivity contribution in [3.63, 3.8) is 0 Å². The van der Waals surface area contributed by atoms with Gasteiger partial charge < -0.3 is 0 Å². The summed E-state index contributed by atoms with van der Waals surface area (Å²) in [5.74, 6) is 0. The number of halogens is 1. The van der Waals surface area contributed by atoms with E-state index in [4.69, 9.17) is 0 Å². The minimum absolute atomic E-state index is 1.06. The van der Waals surface area contributed by atoms with Crippen molar-refractivity contribution >= 4 is 33.5 Å². The van der Waals surface area contributed by atoms with Gasteiger partial charge in [0.15, 0.2) is 0 Å². The van der Waals surface area contributed by atoms with Crippen LogP contribution in [-0.4, -0.2) is 9.41 Å². The smallest absolute Gasteiger partial charge is 0.0705 e. The van der Waals surface area contributed by atoms with Gasteiger partial charge in [-0.05, 0) is 18.6 Å². The van der Waals surface area contributed by atoms with Crippen molar-refractivity contribution in [2.24, 2.45) is 0 Å². The summed E-state index contributed by atoms with van der Waals surface area (Å²) in [4.78, 5) is 4.56. The predicted octanol–water partition coefficient (Wildman–Crippen LogP) is 3.21. The number of alkyl halides is 1. The zero-order valence-electron chi connectivity index (χ0n) is 7.20. The van der Waals surface area contributed by atoms with Crippen molar-refractivity contribution in [2.75, 3.05) is 4.43 Å². The molecule has 0 saturated carbocycles. The van der Waals surface area contributed by atoms with E-state index < -0.39 is 0 Å². The van der Waals surface area contributed by atoms with Crippen LogP contribution < -0.4 is 0 Å². The number of rotatable bonds is 2. The van der Waals surface area contributed by atoms with Crippen LogP contribution in [0, 0.1) is 0 Å².